The van der Waals surface area contributed by atoms with Gasteiger partial charge in [-0.3, -0.25) is 9.59 Å². The molecule has 8 unspecified atom stereocenters. The van der Waals surface area contributed by atoms with Gasteiger partial charge in [0.2, 0.25) is 0 Å². The molecule has 4 bridgehead atoms. The fourth-order valence-electron chi connectivity index (χ4n) is 8.87. The highest BCUT2D eigenvalue weighted by Gasteiger charge is 2.59. The lowest BCUT2D eigenvalue weighted by atomic mass is 9.79. The largest absolute Gasteiger partial charge is 0.299 e. The van der Waals surface area contributed by atoms with Gasteiger partial charge in [0.25, 0.3) is 0 Å². The predicted molar refractivity (Wildman–Crippen MR) is 105 cm³/mol. The molecule has 0 N–H and O–H groups in total. The molecule has 4 fully saturated rings. The second kappa shape index (κ2) is 5.67. The third kappa shape index (κ3) is 2.08. The Bertz CT molecular complexity index is 685. The van der Waals surface area contributed by atoms with Gasteiger partial charge >= 0.3 is 0 Å². The van der Waals surface area contributed by atoms with Crippen molar-refractivity contribution in [2.24, 2.45) is 71.0 Å². The van der Waals surface area contributed by atoms with Crippen LogP contribution >= 0.6 is 0 Å². The van der Waals surface area contributed by atoms with Crippen LogP contribution in [0.2, 0.25) is 0 Å². The summed E-state index contributed by atoms with van der Waals surface area (Å²) in [5, 5.41) is 0. The van der Waals surface area contributed by atoms with Crippen LogP contribution in [0.5, 0.6) is 0 Å². The summed E-state index contributed by atoms with van der Waals surface area (Å²) in [4.78, 5) is 26.2. The van der Waals surface area contributed by atoms with Gasteiger partial charge < -0.3 is 0 Å². The third-order valence-electron chi connectivity index (χ3n) is 9.94. The van der Waals surface area contributed by atoms with E-state index >= 15 is 0 Å². The Morgan fingerprint density at radius 1 is 0.704 bits per heavy atom. The minimum Gasteiger partial charge on any atom is -0.299 e. The number of carbonyl (C=O) groups excluding carboxylic acids is 2. The van der Waals surface area contributed by atoms with Crippen LogP contribution in [0.1, 0.15) is 46.0 Å². The Labute approximate surface area is 162 Å². The molecule has 0 spiro atoms. The Hall–Kier alpha value is -1.18. The Morgan fingerprint density at radius 3 is 1.52 bits per heavy atom. The molecular weight excluding hydrogens is 332 g/mol. The molecule has 0 radical (unpaired) electrons. The molecule has 0 aromatic heterocycles. The zero-order valence-corrected chi connectivity index (χ0v) is 16.6. The smallest absolute Gasteiger partial charge is 0.140 e. The van der Waals surface area contributed by atoms with Crippen LogP contribution < -0.4 is 0 Å². The number of carbonyl (C=O) groups is 2. The lowest BCUT2D eigenvalue weighted by Crippen LogP contribution is -2.22. The molecule has 0 aromatic rings. The maximum Gasteiger partial charge on any atom is 0.140 e. The highest BCUT2D eigenvalue weighted by molar-refractivity contribution is 5.88. The predicted octanol–water partition coefficient (Wildman–Crippen LogP) is 4.70. The number of hydrogen-bond donors (Lipinski definition) is 0. The lowest BCUT2D eigenvalue weighted by Gasteiger charge is -2.24. The molecule has 6 rings (SSSR count). The molecule has 2 heteroatoms. The summed E-state index contributed by atoms with van der Waals surface area (Å²) in [6.45, 7) is 4.66. The van der Waals surface area contributed by atoms with Crippen molar-refractivity contribution in [1.29, 1.82) is 0 Å². The molecule has 12 atom stereocenters. The zero-order chi connectivity index (χ0) is 18.4. The minimum absolute atomic E-state index is 0.259. The highest BCUT2D eigenvalue weighted by atomic mass is 16.1. The molecule has 2 nitrogen and oxygen atoms in total. The molecule has 144 valence electrons. The number of allylic oxidation sites excluding steroid dienone is 4. The summed E-state index contributed by atoms with van der Waals surface area (Å²) in [5.41, 5.74) is 0. The third-order valence-corrected chi connectivity index (χ3v) is 9.94. The van der Waals surface area contributed by atoms with Gasteiger partial charge in [-0.15, -0.1) is 0 Å². The van der Waals surface area contributed by atoms with Crippen molar-refractivity contribution in [2.75, 3.05) is 0 Å². The SMILES string of the molecule is CC1C(CCCC2C(=O)C3C(C2C)[C@H]2C=C[C@@H]3C2)C(=O)C2C1[C@@H]1C=C[C@H]2C1. The molecule has 0 heterocycles. The zero-order valence-electron chi connectivity index (χ0n) is 16.6. The maximum atomic E-state index is 13.1. The summed E-state index contributed by atoms with van der Waals surface area (Å²) < 4.78 is 0. The van der Waals surface area contributed by atoms with E-state index in [1.54, 1.807) is 0 Å². The Kier molecular flexibility index (Phi) is 3.52. The van der Waals surface area contributed by atoms with Gasteiger partial charge in [0, 0.05) is 23.7 Å². The molecule has 27 heavy (non-hydrogen) atoms. The maximum absolute atomic E-state index is 13.1. The van der Waals surface area contributed by atoms with E-state index < -0.39 is 0 Å². The molecule has 0 amide bonds. The van der Waals surface area contributed by atoms with E-state index in [0.29, 0.717) is 70.7 Å². The number of ketones is 2. The first-order valence-corrected chi connectivity index (χ1v) is 11.5. The second-order valence-electron chi connectivity index (χ2n) is 10.8. The second-order valence-corrected chi connectivity index (χ2v) is 10.8. The van der Waals surface area contributed by atoms with Crippen molar-refractivity contribution in [1.82, 2.24) is 0 Å². The average Bonchev–Trinajstić information content (AvgIpc) is 3.47. The standard InChI is InChI=1S/C25H32O2/c1-12-18(24(26)22-16-8-6-14(10-16)20(12)22)4-3-5-19-13(2)21-15-7-9-17(11-15)23(21)25(19)27/h6-9,12-23H,3-5,10-11H2,1-2H3/t12?,13?,14-,15+,16+,17-,18?,19?,20?,21?,22?,23?. The monoisotopic (exact) mass is 364 g/mol. The van der Waals surface area contributed by atoms with Crippen LogP contribution in [-0.4, -0.2) is 11.6 Å². The normalized spacial score (nSPS) is 56.5. The van der Waals surface area contributed by atoms with Gasteiger partial charge in [-0.1, -0.05) is 44.6 Å². The minimum atomic E-state index is 0.259. The van der Waals surface area contributed by atoms with Crippen molar-refractivity contribution in [2.45, 2.75) is 46.0 Å². The van der Waals surface area contributed by atoms with Gasteiger partial charge in [-0.05, 0) is 73.0 Å². The molecular formula is C25H32O2. The number of rotatable bonds is 4. The van der Waals surface area contributed by atoms with Gasteiger partial charge in [0.1, 0.15) is 11.6 Å². The van der Waals surface area contributed by atoms with Crippen LogP contribution in [0, 0.1) is 71.0 Å². The van der Waals surface area contributed by atoms with E-state index in [1.807, 2.05) is 0 Å². The van der Waals surface area contributed by atoms with E-state index in [0.717, 1.165) is 19.3 Å². The van der Waals surface area contributed by atoms with Gasteiger partial charge in [-0.2, -0.15) is 0 Å². The summed E-state index contributed by atoms with van der Waals surface area (Å²) in [5.74, 6) is 7.03. The average molecular weight is 365 g/mol. The highest BCUT2D eigenvalue weighted by Crippen LogP contribution is 2.60. The van der Waals surface area contributed by atoms with Crippen molar-refractivity contribution in [3.8, 4) is 0 Å². The van der Waals surface area contributed by atoms with Crippen LogP contribution in [-0.2, 0) is 9.59 Å². The molecule has 6 aliphatic carbocycles. The first-order valence-electron chi connectivity index (χ1n) is 11.5. The fourth-order valence-corrected chi connectivity index (χ4v) is 8.87. The summed E-state index contributed by atoms with van der Waals surface area (Å²) in [6.07, 6.45) is 15.0. The first kappa shape index (κ1) is 16.7. The van der Waals surface area contributed by atoms with Crippen LogP contribution in [0.15, 0.2) is 24.3 Å². The molecule has 6 aliphatic rings. The van der Waals surface area contributed by atoms with Gasteiger partial charge in [0.05, 0.1) is 0 Å². The van der Waals surface area contributed by atoms with E-state index in [2.05, 4.69) is 38.2 Å². The van der Waals surface area contributed by atoms with Gasteiger partial charge in [0.15, 0.2) is 0 Å². The fraction of sp³-hybridized carbons (Fsp3) is 0.760. The van der Waals surface area contributed by atoms with E-state index in [1.165, 1.54) is 12.8 Å². The van der Waals surface area contributed by atoms with Crippen LogP contribution in [0.25, 0.3) is 0 Å². The molecule has 0 aromatic carbocycles. The summed E-state index contributed by atoms with van der Waals surface area (Å²) in [7, 11) is 0. The number of Topliss-reactive ketones (excluding diaryl/α,β-unsaturated/α-hetero) is 2. The number of hydrogen-bond acceptors (Lipinski definition) is 2. The van der Waals surface area contributed by atoms with Crippen molar-refractivity contribution < 1.29 is 9.59 Å². The van der Waals surface area contributed by atoms with Crippen LogP contribution in [0.4, 0.5) is 0 Å². The summed E-state index contributed by atoms with van der Waals surface area (Å²) >= 11 is 0. The molecule has 0 aliphatic heterocycles. The quantitative estimate of drug-likeness (QED) is 0.678. The van der Waals surface area contributed by atoms with E-state index in [-0.39, 0.29) is 11.8 Å². The number of fused-ring (bicyclic) bond motifs is 10. The topological polar surface area (TPSA) is 34.1 Å². The van der Waals surface area contributed by atoms with Crippen molar-refractivity contribution >= 4 is 11.6 Å². The lowest BCUT2D eigenvalue weighted by molar-refractivity contribution is -0.125. The molecule has 0 saturated heterocycles. The van der Waals surface area contributed by atoms with E-state index in [9.17, 15) is 9.59 Å². The van der Waals surface area contributed by atoms with Crippen LogP contribution in [0.3, 0.4) is 0 Å². The van der Waals surface area contributed by atoms with Crippen molar-refractivity contribution in [3.05, 3.63) is 24.3 Å². The van der Waals surface area contributed by atoms with Gasteiger partial charge in [-0.25, -0.2) is 0 Å². The van der Waals surface area contributed by atoms with Crippen molar-refractivity contribution in [3.63, 3.8) is 0 Å². The first-order chi connectivity index (χ1) is 13.1. The Balaban J connectivity index is 1.10. The summed E-state index contributed by atoms with van der Waals surface area (Å²) in [6, 6.07) is 0. The molecule has 4 saturated carbocycles. The Morgan fingerprint density at radius 2 is 1.11 bits per heavy atom. The van der Waals surface area contributed by atoms with E-state index in [4.69, 9.17) is 0 Å².